The molecule has 0 spiro atoms. The van der Waals surface area contributed by atoms with Gasteiger partial charge in [-0.2, -0.15) is 0 Å². The molecule has 169 valence electrons. The number of methoxy groups -OCH3 is 1. The second-order valence-corrected chi connectivity index (χ2v) is 6.66. The van der Waals surface area contributed by atoms with E-state index in [4.69, 9.17) is 4.74 Å². The molecular formula is C25H21CuN5O2. The van der Waals surface area contributed by atoms with Crippen molar-refractivity contribution in [2.45, 2.75) is 0 Å². The van der Waals surface area contributed by atoms with Crippen LogP contribution >= 0.6 is 0 Å². The van der Waals surface area contributed by atoms with Crippen LogP contribution < -0.4 is 4.74 Å². The number of ether oxygens (including phenoxy) is 1. The standard InChI is InChI=1S/C15H13N3O2.C10H8N2.Cu/c1-20-13-8-4-5-10(14(13)19)9-16-15-17-11-6-2-3-7-12(11)18-15;1-3-7-11-9(5-1)10-6-2-4-8-12-10;/h2-9,19H,1H3,(H,17,18);1-8H;/b16-9+;;. The van der Waals surface area contributed by atoms with Gasteiger partial charge < -0.3 is 14.8 Å². The van der Waals surface area contributed by atoms with Crippen molar-refractivity contribution in [3.8, 4) is 22.9 Å². The van der Waals surface area contributed by atoms with Crippen molar-refractivity contribution in [2.24, 2.45) is 4.99 Å². The van der Waals surface area contributed by atoms with E-state index in [1.807, 2.05) is 60.7 Å². The van der Waals surface area contributed by atoms with Crippen LogP contribution in [-0.4, -0.2) is 38.4 Å². The van der Waals surface area contributed by atoms with E-state index in [0.717, 1.165) is 22.4 Å². The van der Waals surface area contributed by atoms with Crippen molar-refractivity contribution >= 4 is 23.2 Å². The zero-order valence-electron chi connectivity index (χ0n) is 17.7. The molecule has 3 aromatic heterocycles. The summed E-state index contributed by atoms with van der Waals surface area (Å²) < 4.78 is 5.05. The minimum Gasteiger partial charge on any atom is -0.504 e. The van der Waals surface area contributed by atoms with Gasteiger partial charge in [-0.05, 0) is 48.5 Å². The quantitative estimate of drug-likeness (QED) is 0.270. The number of phenolic OH excluding ortho intramolecular Hbond substituents is 1. The van der Waals surface area contributed by atoms with Crippen LogP contribution in [0.3, 0.4) is 0 Å². The number of rotatable bonds is 4. The molecule has 8 heteroatoms. The van der Waals surface area contributed by atoms with Crippen LogP contribution in [-0.2, 0) is 17.1 Å². The average molecular weight is 487 g/mol. The van der Waals surface area contributed by atoms with Crippen molar-refractivity contribution in [2.75, 3.05) is 7.11 Å². The molecule has 7 nitrogen and oxygen atoms in total. The number of fused-ring (bicyclic) bond motifs is 1. The second kappa shape index (κ2) is 11.6. The fourth-order valence-corrected chi connectivity index (χ4v) is 2.97. The van der Waals surface area contributed by atoms with E-state index in [1.54, 1.807) is 36.8 Å². The molecule has 0 fully saturated rings. The first kappa shape index (κ1) is 23.7. The summed E-state index contributed by atoms with van der Waals surface area (Å²) in [5.74, 6) is 0.974. The van der Waals surface area contributed by atoms with Crippen LogP contribution in [0.2, 0.25) is 0 Å². The summed E-state index contributed by atoms with van der Waals surface area (Å²) in [5, 5.41) is 9.96. The number of H-pyrrole nitrogens is 1. The van der Waals surface area contributed by atoms with Crippen LogP contribution in [0.5, 0.6) is 11.5 Å². The molecule has 0 unspecified atom stereocenters. The molecule has 0 aliphatic heterocycles. The number of aliphatic imine (C=N–C) groups is 1. The topological polar surface area (TPSA) is 96.3 Å². The van der Waals surface area contributed by atoms with E-state index in [0.29, 0.717) is 17.3 Å². The number of nitrogens with zero attached hydrogens (tertiary/aromatic N) is 4. The Morgan fingerprint density at radius 3 is 2.12 bits per heavy atom. The molecule has 2 N–H and O–H groups in total. The number of imidazole rings is 1. The zero-order chi connectivity index (χ0) is 22.2. The largest absolute Gasteiger partial charge is 0.504 e. The molecule has 0 saturated carbocycles. The Morgan fingerprint density at radius 1 is 0.848 bits per heavy atom. The van der Waals surface area contributed by atoms with Gasteiger partial charge in [0.2, 0.25) is 5.95 Å². The number of aromatic nitrogens is 4. The third kappa shape index (κ3) is 6.04. The number of benzene rings is 2. The molecule has 2 aromatic carbocycles. The van der Waals surface area contributed by atoms with E-state index in [2.05, 4.69) is 24.9 Å². The maximum absolute atomic E-state index is 9.96. The van der Waals surface area contributed by atoms with Gasteiger partial charge in [-0.25, -0.2) is 9.98 Å². The average Bonchev–Trinajstić information content (AvgIpc) is 3.28. The minimum atomic E-state index is 0. The van der Waals surface area contributed by atoms with Crippen LogP contribution in [0.15, 0.2) is 96.2 Å². The number of hydrogen-bond donors (Lipinski definition) is 2. The van der Waals surface area contributed by atoms with Crippen molar-refractivity contribution in [1.82, 2.24) is 19.9 Å². The molecule has 0 amide bonds. The number of nitrogens with one attached hydrogen (secondary N) is 1. The molecule has 0 aliphatic rings. The van der Waals surface area contributed by atoms with Crippen LogP contribution in [0.4, 0.5) is 5.95 Å². The summed E-state index contributed by atoms with van der Waals surface area (Å²) in [6.07, 6.45) is 5.09. The van der Waals surface area contributed by atoms with E-state index in [9.17, 15) is 5.11 Å². The van der Waals surface area contributed by atoms with Crippen molar-refractivity contribution in [1.29, 1.82) is 0 Å². The fraction of sp³-hybridized carbons (Fsp3) is 0.0400. The smallest absolute Gasteiger partial charge is 0.227 e. The van der Waals surface area contributed by atoms with Crippen LogP contribution in [0.25, 0.3) is 22.4 Å². The molecule has 5 rings (SSSR count). The first-order chi connectivity index (χ1) is 15.7. The van der Waals surface area contributed by atoms with E-state index in [1.165, 1.54) is 7.11 Å². The van der Waals surface area contributed by atoms with Gasteiger partial charge in [-0.3, -0.25) is 9.97 Å². The third-order valence-electron chi connectivity index (χ3n) is 4.55. The van der Waals surface area contributed by atoms with E-state index < -0.39 is 0 Å². The van der Waals surface area contributed by atoms with Gasteiger partial charge in [0.05, 0.1) is 29.5 Å². The van der Waals surface area contributed by atoms with Gasteiger partial charge in [0.1, 0.15) is 0 Å². The molecule has 0 saturated heterocycles. The molecular weight excluding hydrogens is 466 g/mol. The third-order valence-corrected chi connectivity index (χ3v) is 4.55. The maximum atomic E-state index is 9.96. The number of phenols is 1. The monoisotopic (exact) mass is 486 g/mol. The van der Waals surface area contributed by atoms with Gasteiger partial charge in [-0.15, -0.1) is 0 Å². The summed E-state index contributed by atoms with van der Waals surface area (Å²) in [6, 6.07) is 24.5. The molecule has 0 bridgehead atoms. The first-order valence-corrected chi connectivity index (χ1v) is 9.92. The number of pyridine rings is 2. The van der Waals surface area contributed by atoms with Gasteiger partial charge in [0.25, 0.3) is 0 Å². The number of hydrogen-bond acceptors (Lipinski definition) is 6. The Balaban J connectivity index is 0.000000202. The van der Waals surface area contributed by atoms with Crippen LogP contribution in [0, 0.1) is 0 Å². The molecule has 1 radical (unpaired) electrons. The predicted molar refractivity (Wildman–Crippen MR) is 125 cm³/mol. The van der Waals surface area contributed by atoms with Crippen LogP contribution in [0.1, 0.15) is 5.56 Å². The van der Waals surface area contributed by atoms with Crippen molar-refractivity contribution in [3.63, 3.8) is 0 Å². The van der Waals surface area contributed by atoms with Gasteiger partial charge in [-0.1, -0.05) is 30.3 Å². The first-order valence-electron chi connectivity index (χ1n) is 9.92. The molecule has 5 aromatic rings. The van der Waals surface area contributed by atoms with Crippen molar-refractivity contribution in [3.05, 3.63) is 96.8 Å². The SMILES string of the molecule is COc1cccc(/C=N/c2nc3ccccc3[nH]2)c1O.[Cu].c1ccc(-c2ccccn2)nc1. The Labute approximate surface area is 201 Å². The summed E-state index contributed by atoms with van der Waals surface area (Å²) >= 11 is 0. The molecule has 0 aliphatic carbocycles. The summed E-state index contributed by atoms with van der Waals surface area (Å²) in [4.78, 5) is 20.0. The van der Waals surface area contributed by atoms with Crippen molar-refractivity contribution < 1.29 is 26.9 Å². The van der Waals surface area contributed by atoms with Gasteiger partial charge in [0.15, 0.2) is 11.5 Å². The molecule has 3 heterocycles. The maximum Gasteiger partial charge on any atom is 0.227 e. The molecule has 33 heavy (non-hydrogen) atoms. The summed E-state index contributed by atoms with van der Waals surface area (Å²) in [7, 11) is 1.51. The Morgan fingerprint density at radius 2 is 1.52 bits per heavy atom. The fourth-order valence-electron chi connectivity index (χ4n) is 2.97. The van der Waals surface area contributed by atoms with Gasteiger partial charge >= 0.3 is 0 Å². The van der Waals surface area contributed by atoms with E-state index >= 15 is 0 Å². The number of para-hydroxylation sites is 3. The van der Waals surface area contributed by atoms with Gasteiger partial charge in [0, 0.05) is 41.2 Å². The second-order valence-electron chi connectivity index (χ2n) is 6.66. The molecule has 0 atom stereocenters. The summed E-state index contributed by atoms with van der Waals surface area (Å²) in [6.45, 7) is 0. The Hall–Kier alpha value is -4.00. The zero-order valence-corrected chi connectivity index (χ0v) is 18.6. The minimum absolute atomic E-state index is 0. The Kier molecular flexibility index (Phi) is 8.30. The Bertz CT molecular complexity index is 1250. The normalized spacial score (nSPS) is 10.3. The summed E-state index contributed by atoms with van der Waals surface area (Å²) in [5.41, 5.74) is 4.19. The number of aromatic amines is 1. The number of aromatic hydroxyl groups is 1. The van der Waals surface area contributed by atoms with E-state index in [-0.39, 0.29) is 22.8 Å². The predicted octanol–water partition coefficient (Wildman–Crippen LogP) is 5.17.